The molecule has 0 fully saturated rings. The summed E-state index contributed by atoms with van der Waals surface area (Å²) >= 11 is 0. The van der Waals surface area contributed by atoms with Crippen LogP contribution in [0.15, 0.2) is 34.9 Å². The Hall–Kier alpha value is -1.46. The molecule has 0 atom stereocenters. The van der Waals surface area contributed by atoms with E-state index in [9.17, 15) is 9.18 Å². The molecular weight excluding hydrogens is 666 g/mol. The molecule has 0 spiro atoms. The third-order valence-electron chi connectivity index (χ3n) is 8.08. The quantitative estimate of drug-likeness (QED) is 0.0940. The number of hydrogen-bond donors (Lipinski definition) is 1. The minimum Gasteiger partial charge on any atom is -0.356 e. The molecule has 0 aromatic carbocycles. The van der Waals surface area contributed by atoms with Gasteiger partial charge in [0, 0.05) is 13.0 Å². The van der Waals surface area contributed by atoms with Gasteiger partial charge in [-0.15, -0.1) is 0 Å². The molecule has 5 heteroatoms. The average Bonchev–Trinajstić information content (AvgIpc) is 3.15. The molecule has 0 aromatic rings. The van der Waals surface area contributed by atoms with Crippen LogP contribution in [0.2, 0.25) is 0 Å². The predicted octanol–water partition coefficient (Wildman–Crippen LogP) is 15.5. The summed E-state index contributed by atoms with van der Waals surface area (Å²) < 4.78 is 13.4. The molecule has 1 rings (SSSR count). The molecule has 0 unspecified atom stereocenters. The first-order valence-corrected chi connectivity index (χ1v) is 23.4. The normalized spacial score (nSPS) is 11.9. The van der Waals surface area contributed by atoms with Gasteiger partial charge in [0.15, 0.2) is 0 Å². The van der Waals surface area contributed by atoms with Gasteiger partial charge in [-0.1, -0.05) is 191 Å². The van der Waals surface area contributed by atoms with Crippen LogP contribution in [0.5, 0.6) is 0 Å². The van der Waals surface area contributed by atoms with E-state index in [0.717, 1.165) is 55.6 Å². The standard InChI is InChI=1S/C34H62FN3O.5C3H8/c1-5-8-9-10-11-12-13-14-15-18-28-38(7-3)29-20-27-37(4)26-19-25-36-34(39)24-23-31(6-2)33-22-17-16-21-32(33)30-35;5*1-3-2/h6,17,22H,5,7-16,18-21,23-30H2,1-4H3,(H,36,39);5*3H2,1-2H3/b31-6-;;;;;. The Morgan fingerprint density at radius 2 is 1.13 bits per heavy atom. The molecule has 1 amide bonds. The molecule has 0 saturated heterocycles. The third kappa shape index (κ3) is 50.5. The van der Waals surface area contributed by atoms with E-state index in [4.69, 9.17) is 0 Å². The van der Waals surface area contributed by atoms with Crippen molar-refractivity contribution in [3.63, 3.8) is 0 Å². The number of carbonyl (C=O) groups excluding carboxylic acids is 1. The summed E-state index contributed by atoms with van der Waals surface area (Å²) in [6.07, 6.45) is 31.4. The highest BCUT2D eigenvalue weighted by Crippen LogP contribution is 2.28. The first kappa shape index (κ1) is 61.8. The number of amides is 1. The van der Waals surface area contributed by atoms with Crippen LogP contribution in [0.1, 0.15) is 225 Å². The van der Waals surface area contributed by atoms with Crippen LogP contribution in [-0.2, 0) is 4.79 Å². The van der Waals surface area contributed by atoms with Crippen LogP contribution in [-0.4, -0.2) is 68.7 Å². The van der Waals surface area contributed by atoms with Crippen molar-refractivity contribution in [3.8, 4) is 0 Å². The van der Waals surface area contributed by atoms with Gasteiger partial charge < -0.3 is 15.1 Å². The largest absolute Gasteiger partial charge is 0.356 e. The van der Waals surface area contributed by atoms with Crippen molar-refractivity contribution >= 4 is 5.91 Å². The van der Waals surface area contributed by atoms with E-state index in [2.05, 4.69) is 111 Å². The van der Waals surface area contributed by atoms with E-state index < -0.39 is 6.67 Å². The van der Waals surface area contributed by atoms with Crippen molar-refractivity contribution in [1.29, 1.82) is 0 Å². The number of nitrogens with one attached hydrogen (secondary N) is 1. The second-order valence-corrected chi connectivity index (χ2v) is 14.9. The van der Waals surface area contributed by atoms with Crippen LogP contribution in [0.4, 0.5) is 4.39 Å². The van der Waals surface area contributed by atoms with E-state index in [0.29, 0.717) is 19.4 Å². The molecule has 326 valence electrons. The summed E-state index contributed by atoms with van der Waals surface area (Å²) in [5, 5.41) is 3.07. The maximum absolute atomic E-state index is 13.4. The second kappa shape index (κ2) is 55.9. The Morgan fingerprint density at radius 1 is 0.667 bits per heavy atom. The Kier molecular flexibility index (Phi) is 63.9. The molecule has 1 N–H and O–H groups in total. The smallest absolute Gasteiger partial charge is 0.220 e. The maximum atomic E-state index is 13.4. The number of carbonyl (C=O) groups is 1. The summed E-state index contributed by atoms with van der Waals surface area (Å²) in [5.74, 6) is 0.0877. The summed E-state index contributed by atoms with van der Waals surface area (Å²) in [7, 11) is 2.19. The molecule has 4 nitrogen and oxygen atoms in total. The summed E-state index contributed by atoms with van der Waals surface area (Å²) in [6.45, 7) is 33.8. The molecule has 1 aliphatic carbocycles. The van der Waals surface area contributed by atoms with Crippen molar-refractivity contribution in [2.45, 2.75) is 225 Å². The number of allylic oxidation sites excluding steroid dienone is 6. The fourth-order valence-corrected chi connectivity index (χ4v) is 5.46. The summed E-state index contributed by atoms with van der Waals surface area (Å²) in [4.78, 5) is 17.4. The lowest BCUT2D eigenvalue weighted by molar-refractivity contribution is -0.121. The Morgan fingerprint density at radius 3 is 1.59 bits per heavy atom. The van der Waals surface area contributed by atoms with Gasteiger partial charge in [-0.25, -0.2) is 4.39 Å². The maximum Gasteiger partial charge on any atom is 0.220 e. The van der Waals surface area contributed by atoms with Crippen molar-refractivity contribution in [1.82, 2.24) is 15.1 Å². The van der Waals surface area contributed by atoms with Gasteiger partial charge in [-0.3, -0.25) is 4.79 Å². The lowest BCUT2D eigenvalue weighted by Gasteiger charge is -2.22. The van der Waals surface area contributed by atoms with Crippen LogP contribution in [0, 0.1) is 0 Å². The number of rotatable bonds is 25. The zero-order valence-electron chi connectivity index (χ0n) is 39.7. The van der Waals surface area contributed by atoms with Crippen LogP contribution < -0.4 is 5.32 Å². The number of alkyl halides is 1. The van der Waals surface area contributed by atoms with Gasteiger partial charge >= 0.3 is 0 Å². The highest BCUT2D eigenvalue weighted by atomic mass is 19.1. The van der Waals surface area contributed by atoms with Crippen molar-refractivity contribution in [3.05, 3.63) is 34.9 Å². The van der Waals surface area contributed by atoms with Crippen molar-refractivity contribution in [2.24, 2.45) is 0 Å². The number of unbranched alkanes of at least 4 members (excludes halogenated alkanes) is 9. The molecule has 0 saturated carbocycles. The zero-order valence-corrected chi connectivity index (χ0v) is 39.7. The first-order valence-electron chi connectivity index (χ1n) is 23.4. The third-order valence-corrected chi connectivity index (χ3v) is 8.08. The topological polar surface area (TPSA) is 35.6 Å². The highest BCUT2D eigenvalue weighted by Gasteiger charge is 2.13. The predicted molar refractivity (Wildman–Crippen MR) is 248 cm³/mol. The molecule has 0 heterocycles. The van der Waals surface area contributed by atoms with Gasteiger partial charge in [0.05, 0.1) is 0 Å². The van der Waals surface area contributed by atoms with Gasteiger partial charge in [0.25, 0.3) is 0 Å². The lowest BCUT2D eigenvalue weighted by Crippen LogP contribution is -2.31. The number of halogens is 1. The van der Waals surface area contributed by atoms with Crippen molar-refractivity contribution in [2.75, 3.05) is 53.0 Å². The Labute approximate surface area is 342 Å². The molecule has 1 aliphatic rings. The van der Waals surface area contributed by atoms with E-state index in [1.54, 1.807) is 0 Å². The molecular formula is C49H102FN3O. The summed E-state index contributed by atoms with van der Waals surface area (Å²) in [6, 6.07) is 0. The molecule has 0 bridgehead atoms. The summed E-state index contributed by atoms with van der Waals surface area (Å²) in [5.41, 5.74) is 2.96. The van der Waals surface area contributed by atoms with Crippen LogP contribution in [0.3, 0.4) is 0 Å². The second-order valence-electron chi connectivity index (χ2n) is 14.9. The molecule has 0 aromatic heterocycles. The van der Waals surface area contributed by atoms with E-state index in [1.165, 1.54) is 116 Å². The fraction of sp³-hybridized carbons (Fsp3) is 0.857. The zero-order chi connectivity index (χ0) is 42.1. The number of hydrogen-bond acceptors (Lipinski definition) is 3. The highest BCUT2D eigenvalue weighted by molar-refractivity contribution is 5.76. The molecule has 54 heavy (non-hydrogen) atoms. The van der Waals surface area contributed by atoms with Gasteiger partial charge in [0.1, 0.15) is 6.67 Å². The average molecular weight is 768 g/mol. The first-order chi connectivity index (χ1) is 26.1. The fourth-order valence-electron chi connectivity index (χ4n) is 5.46. The van der Waals surface area contributed by atoms with Gasteiger partial charge in [-0.2, -0.15) is 0 Å². The Bertz CT molecular complexity index is 780. The van der Waals surface area contributed by atoms with E-state index >= 15 is 0 Å². The monoisotopic (exact) mass is 768 g/mol. The Balaban J connectivity index is -0.000000457. The molecule has 0 radical (unpaired) electrons. The molecule has 0 aliphatic heterocycles. The lowest BCUT2D eigenvalue weighted by atomic mass is 9.90. The van der Waals surface area contributed by atoms with Crippen LogP contribution >= 0.6 is 0 Å². The number of nitrogens with zero attached hydrogens (tertiary/aromatic N) is 2. The van der Waals surface area contributed by atoms with Crippen molar-refractivity contribution < 1.29 is 9.18 Å². The van der Waals surface area contributed by atoms with E-state index in [-0.39, 0.29) is 5.91 Å². The van der Waals surface area contributed by atoms with Gasteiger partial charge in [-0.05, 0) is 102 Å². The van der Waals surface area contributed by atoms with Crippen LogP contribution in [0.25, 0.3) is 0 Å². The van der Waals surface area contributed by atoms with Gasteiger partial charge in [0.2, 0.25) is 5.91 Å². The minimum atomic E-state index is -0.396. The van der Waals surface area contributed by atoms with E-state index in [1.807, 2.05) is 19.1 Å². The SMILES string of the molecule is C/C=C(/CCC(=O)NCCCN(C)CCCN(CC)CCCCCCCCCCCC)C1=C(CF)CCC=C1.CCC.CCC.CCC.CCC.CCC. The minimum absolute atomic E-state index is 0.0877.